The monoisotopic (exact) mass is 459 g/mol. The van der Waals surface area contributed by atoms with Gasteiger partial charge < -0.3 is 14.0 Å². The van der Waals surface area contributed by atoms with E-state index in [0.29, 0.717) is 28.6 Å². The van der Waals surface area contributed by atoms with E-state index in [9.17, 15) is 10.1 Å². The van der Waals surface area contributed by atoms with Crippen molar-refractivity contribution in [3.63, 3.8) is 0 Å². The third-order valence-corrected chi connectivity index (χ3v) is 5.56. The van der Waals surface area contributed by atoms with Crippen LogP contribution in [0.2, 0.25) is 0 Å². The number of carbonyl (C=O) groups excluding carboxylic acids is 1. The molecule has 7 nitrogen and oxygen atoms in total. The fourth-order valence-corrected chi connectivity index (χ4v) is 3.93. The van der Waals surface area contributed by atoms with Crippen LogP contribution >= 0.6 is 0 Å². The van der Waals surface area contributed by atoms with Gasteiger partial charge in [0.05, 0.1) is 17.6 Å². The summed E-state index contributed by atoms with van der Waals surface area (Å²) in [6.07, 6.45) is 0.770. The Labute approximate surface area is 199 Å². The molecule has 4 rings (SSSR count). The average Bonchev–Trinajstić information content (AvgIpc) is 3.42. The van der Waals surface area contributed by atoms with Gasteiger partial charge in [-0.15, -0.1) is 0 Å². The first-order chi connectivity index (χ1) is 16.1. The molecule has 0 unspecified atom stereocenters. The Hall–Kier alpha value is -3.66. The third-order valence-electron chi connectivity index (χ3n) is 5.56. The van der Waals surface area contributed by atoms with E-state index in [2.05, 4.69) is 22.3 Å². The van der Waals surface area contributed by atoms with Gasteiger partial charge in [-0.2, -0.15) is 10.2 Å². The molecule has 2 atom stereocenters. The van der Waals surface area contributed by atoms with Crippen molar-refractivity contribution in [2.75, 3.05) is 0 Å². The zero-order valence-electron chi connectivity index (χ0n) is 20.4. The lowest BCUT2D eigenvalue weighted by Gasteiger charge is -2.19. The van der Waals surface area contributed by atoms with Crippen molar-refractivity contribution >= 4 is 5.97 Å². The smallest absolute Gasteiger partial charge is 0.310 e. The minimum absolute atomic E-state index is 0.0334. The second-order valence-corrected chi connectivity index (χ2v) is 9.97. The molecule has 0 N–H and O–H groups in total. The molecule has 1 saturated carbocycles. The standard InChI is InChI=1S/C27H29N3O4/c1-15(2)32-23-10-8-18(12-19(23)14-28)25-29-24(30-34-25)20-9-7-17(11-16(20)3)21-13-22(21)26(31)33-27(4,5)6/h7-12,15,21-22H,13H2,1-6H3/t21-,22+/m1/s1. The molecular weight excluding hydrogens is 430 g/mol. The quantitative estimate of drug-likeness (QED) is 0.429. The van der Waals surface area contributed by atoms with E-state index < -0.39 is 5.60 Å². The van der Waals surface area contributed by atoms with E-state index in [1.54, 1.807) is 18.2 Å². The topological polar surface area (TPSA) is 98.2 Å². The van der Waals surface area contributed by atoms with Crippen molar-refractivity contribution in [2.45, 2.75) is 65.6 Å². The molecule has 0 aliphatic heterocycles. The van der Waals surface area contributed by atoms with E-state index >= 15 is 0 Å². The number of ether oxygens (including phenoxy) is 2. The Balaban J connectivity index is 1.51. The molecule has 176 valence electrons. The summed E-state index contributed by atoms with van der Waals surface area (Å²) < 4.78 is 16.7. The molecule has 1 fully saturated rings. The Morgan fingerprint density at radius 3 is 2.62 bits per heavy atom. The number of hydrogen-bond donors (Lipinski definition) is 0. The highest BCUT2D eigenvalue weighted by Gasteiger charge is 2.46. The van der Waals surface area contributed by atoms with Crippen LogP contribution in [0.15, 0.2) is 40.9 Å². The maximum atomic E-state index is 12.4. The average molecular weight is 460 g/mol. The third kappa shape index (κ3) is 5.12. The summed E-state index contributed by atoms with van der Waals surface area (Å²) in [5.41, 5.74) is 3.55. The summed E-state index contributed by atoms with van der Waals surface area (Å²) in [5.74, 6) is 1.29. The van der Waals surface area contributed by atoms with Gasteiger partial charge in [0.25, 0.3) is 5.89 Å². The van der Waals surface area contributed by atoms with Crippen LogP contribution in [-0.2, 0) is 9.53 Å². The molecule has 1 aromatic heterocycles. The van der Waals surface area contributed by atoms with Gasteiger partial charge in [0.2, 0.25) is 5.82 Å². The highest BCUT2D eigenvalue weighted by Crippen LogP contribution is 2.49. The van der Waals surface area contributed by atoms with E-state index in [-0.39, 0.29) is 23.9 Å². The molecule has 0 radical (unpaired) electrons. The van der Waals surface area contributed by atoms with Crippen LogP contribution in [0.25, 0.3) is 22.8 Å². The number of rotatable bonds is 6. The summed E-state index contributed by atoms with van der Waals surface area (Å²) >= 11 is 0. The molecule has 0 saturated heterocycles. The minimum atomic E-state index is -0.476. The normalized spacial score (nSPS) is 17.4. The lowest BCUT2D eigenvalue weighted by atomic mass is 10.0. The molecule has 1 aliphatic rings. The molecule has 0 amide bonds. The SMILES string of the molecule is Cc1cc([C@H]2C[C@@H]2C(=O)OC(C)(C)C)ccc1-c1noc(-c2ccc(OC(C)C)c(C#N)c2)n1. The van der Waals surface area contributed by atoms with Gasteiger partial charge in [0, 0.05) is 11.1 Å². The van der Waals surface area contributed by atoms with Crippen LogP contribution in [0.5, 0.6) is 5.75 Å². The van der Waals surface area contributed by atoms with E-state index in [1.807, 2.05) is 53.7 Å². The fourth-order valence-electron chi connectivity index (χ4n) is 3.93. The predicted octanol–water partition coefficient (Wildman–Crippen LogP) is 5.82. The van der Waals surface area contributed by atoms with Crippen molar-refractivity contribution < 1.29 is 18.8 Å². The molecular formula is C27H29N3O4. The first-order valence-electron chi connectivity index (χ1n) is 11.4. The molecule has 34 heavy (non-hydrogen) atoms. The molecule has 1 aliphatic carbocycles. The van der Waals surface area contributed by atoms with Gasteiger partial charge in [0.15, 0.2) is 0 Å². The Morgan fingerprint density at radius 1 is 1.21 bits per heavy atom. The minimum Gasteiger partial charge on any atom is -0.490 e. The zero-order valence-corrected chi connectivity index (χ0v) is 20.4. The van der Waals surface area contributed by atoms with Crippen molar-refractivity contribution in [3.05, 3.63) is 53.1 Å². The lowest BCUT2D eigenvalue weighted by molar-refractivity contribution is -0.156. The second kappa shape index (κ2) is 8.94. The highest BCUT2D eigenvalue weighted by molar-refractivity contribution is 5.78. The van der Waals surface area contributed by atoms with Crippen LogP contribution < -0.4 is 4.74 Å². The summed E-state index contributed by atoms with van der Waals surface area (Å²) in [6, 6.07) is 13.4. The van der Waals surface area contributed by atoms with Crippen LogP contribution in [0.4, 0.5) is 0 Å². The summed E-state index contributed by atoms with van der Waals surface area (Å²) in [6.45, 7) is 11.5. The molecule has 7 heteroatoms. The first-order valence-corrected chi connectivity index (χ1v) is 11.4. The largest absolute Gasteiger partial charge is 0.490 e. The number of aromatic nitrogens is 2. The van der Waals surface area contributed by atoms with Gasteiger partial charge in [-0.3, -0.25) is 4.79 Å². The number of aryl methyl sites for hydroxylation is 1. The van der Waals surface area contributed by atoms with Crippen LogP contribution in [0, 0.1) is 24.2 Å². The van der Waals surface area contributed by atoms with Crippen molar-refractivity contribution in [3.8, 4) is 34.7 Å². The number of hydrogen-bond acceptors (Lipinski definition) is 7. The van der Waals surface area contributed by atoms with Gasteiger partial charge in [-0.05, 0) is 83.2 Å². The zero-order chi connectivity index (χ0) is 24.6. The number of carbonyl (C=O) groups is 1. The highest BCUT2D eigenvalue weighted by atomic mass is 16.6. The number of nitriles is 1. The molecule has 0 spiro atoms. The van der Waals surface area contributed by atoms with Crippen molar-refractivity contribution in [1.82, 2.24) is 10.1 Å². The Kier molecular flexibility index (Phi) is 6.18. The lowest BCUT2D eigenvalue weighted by Crippen LogP contribution is -2.25. The summed E-state index contributed by atoms with van der Waals surface area (Å²) in [4.78, 5) is 16.9. The Morgan fingerprint density at radius 2 is 1.97 bits per heavy atom. The predicted molar refractivity (Wildman–Crippen MR) is 127 cm³/mol. The fraction of sp³-hybridized carbons (Fsp3) is 0.407. The van der Waals surface area contributed by atoms with Gasteiger partial charge in [-0.25, -0.2) is 0 Å². The van der Waals surface area contributed by atoms with E-state index in [1.165, 1.54) is 0 Å². The summed E-state index contributed by atoms with van der Waals surface area (Å²) in [5, 5.41) is 13.6. The van der Waals surface area contributed by atoms with Crippen molar-refractivity contribution in [2.24, 2.45) is 5.92 Å². The molecule has 3 aromatic rings. The molecule has 2 aromatic carbocycles. The van der Waals surface area contributed by atoms with Crippen LogP contribution in [-0.4, -0.2) is 27.8 Å². The second-order valence-electron chi connectivity index (χ2n) is 9.97. The van der Waals surface area contributed by atoms with Gasteiger partial charge in [0.1, 0.15) is 17.4 Å². The maximum absolute atomic E-state index is 12.4. The van der Waals surface area contributed by atoms with Gasteiger partial charge >= 0.3 is 5.97 Å². The first kappa shape index (κ1) is 23.5. The summed E-state index contributed by atoms with van der Waals surface area (Å²) in [7, 11) is 0. The van der Waals surface area contributed by atoms with E-state index in [0.717, 1.165) is 23.1 Å². The number of benzene rings is 2. The molecule has 0 bridgehead atoms. The van der Waals surface area contributed by atoms with Crippen molar-refractivity contribution in [1.29, 1.82) is 5.26 Å². The van der Waals surface area contributed by atoms with Gasteiger partial charge in [-0.1, -0.05) is 23.4 Å². The molecule has 1 heterocycles. The van der Waals surface area contributed by atoms with E-state index in [4.69, 9.17) is 14.0 Å². The number of esters is 1. The van der Waals surface area contributed by atoms with Crippen LogP contribution in [0.1, 0.15) is 63.6 Å². The maximum Gasteiger partial charge on any atom is 0.310 e. The Bertz CT molecular complexity index is 1260. The number of nitrogens with zero attached hydrogens (tertiary/aromatic N) is 3. The van der Waals surface area contributed by atoms with Crippen LogP contribution in [0.3, 0.4) is 0 Å².